The van der Waals surface area contributed by atoms with Gasteiger partial charge in [0.25, 0.3) is 0 Å². The van der Waals surface area contributed by atoms with Crippen molar-refractivity contribution in [2.24, 2.45) is 0 Å². The molecule has 0 aliphatic carbocycles. The van der Waals surface area contributed by atoms with Crippen LogP contribution in [0.1, 0.15) is 5.56 Å². The molecule has 0 atom stereocenters. The molecule has 0 bridgehead atoms. The van der Waals surface area contributed by atoms with Crippen LogP contribution in [0.2, 0.25) is 5.02 Å². The molecule has 1 aliphatic heterocycles. The van der Waals surface area contributed by atoms with E-state index in [1.807, 2.05) is 60.4 Å². The van der Waals surface area contributed by atoms with E-state index in [9.17, 15) is 9.59 Å². The Hall–Kier alpha value is -2.18. The van der Waals surface area contributed by atoms with Gasteiger partial charge in [0.15, 0.2) is 0 Å². The molecule has 0 aromatic heterocycles. The first-order valence-electron chi connectivity index (χ1n) is 8.80. The highest BCUT2D eigenvalue weighted by Gasteiger charge is 2.24. The molecule has 27 heavy (non-hydrogen) atoms. The largest absolute Gasteiger partial charge is 0.338 e. The number of hydrogen-bond donors (Lipinski definition) is 1. The molecule has 3 amide bonds. The zero-order valence-electron chi connectivity index (χ0n) is 15.2. The van der Waals surface area contributed by atoms with Crippen LogP contribution in [0.4, 0.5) is 10.5 Å². The lowest BCUT2D eigenvalue weighted by Gasteiger charge is -2.34. The number of para-hydroxylation sites is 1. The maximum absolute atomic E-state index is 12.5. The van der Waals surface area contributed by atoms with Gasteiger partial charge in [0.2, 0.25) is 5.91 Å². The minimum atomic E-state index is -0.130. The topological polar surface area (TPSA) is 52.7 Å². The molecule has 0 saturated carbocycles. The molecule has 5 nitrogen and oxygen atoms in total. The van der Waals surface area contributed by atoms with Crippen LogP contribution < -0.4 is 5.32 Å². The van der Waals surface area contributed by atoms with Crippen LogP contribution >= 0.6 is 23.4 Å². The molecule has 1 saturated heterocycles. The molecule has 0 spiro atoms. The summed E-state index contributed by atoms with van der Waals surface area (Å²) in [6, 6.07) is 15.0. The quantitative estimate of drug-likeness (QED) is 0.781. The normalized spacial score (nSPS) is 14.1. The molecule has 0 radical (unpaired) electrons. The average Bonchev–Trinajstić information content (AvgIpc) is 2.69. The molecule has 3 rings (SSSR count). The molecule has 2 aromatic rings. The first kappa shape index (κ1) is 19.6. The number of carbonyl (C=O) groups excluding carboxylic acids is 2. The van der Waals surface area contributed by atoms with Gasteiger partial charge in [0, 0.05) is 36.8 Å². The number of halogens is 1. The lowest BCUT2D eigenvalue weighted by molar-refractivity contribution is -0.129. The van der Waals surface area contributed by atoms with E-state index >= 15 is 0 Å². The lowest BCUT2D eigenvalue weighted by Crippen LogP contribution is -2.52. The van der Waals surface area contributed by atoms with Crippen LogP contribution in [0.3, 0.4) is 0 Å². The number of benzene rings is 2. The third kappa shape index (κ3) is 5.40. The fraction of sp³-hybridized carbons (Fsp3) is 0.300. The molecular weight excluding hydrogens is 382 g/mol. The van der Waals surface area contributed by atoms with Crippen LogP contribution in [0.25, 0.3) is 0 Å². The van der Waals surface area contributed by atoms with Gasteiger partial charge in [-0.2, -0.15) is 0 Å². The number of piperazine rings is 1. The molecule has 0 unspecified atom stereocenters. The Labute approximate surface area is 168 Å². The summed E-state index contributed by atoms with van der Waals surface area (Å²) in [6.45, 7) is 4.15. The van der Waals surface area contributed by atoms with Gasteiger partial charge >= 0.3 is 6.03 Å². The molecule has 1 fully saturated rings. The van der Waals surface area contributed by atoms with E-state index in [1.165, 1.54) is 11.8 Å². The summed E-state index contributed by atoms with van der Waals surface area (Å²) in [7, 11) is 0. The third-order valence-corrected chi connectivity index (χ3v) is 5.86. The molecular formula is C20H22ClN3O2S. The zero-order valence-corrected chi connectivity index (χ0v) is 16.7. The van der Waals surface area contributed by atoms with Gasteiger partial charge in [-0.25, -0.2) is 4.79 Å². The Morgan fingerprint density at radius 2 is 1.70 bits per heavy atom. The van der Waals surface area contributed by atoms with Gasteiger partial charge in [-0.1, -0.05) is 35.9 Å². The summed E-state index contributed by atoms with van der Waals surface area (Å²) < 4.78 is 0. The number of urea groups is 1. The number of amides is 3. The first-order chi connectivity index (χ1) is 13.0. The van der Waals surface area contributed by atoms with Crippen molar-refractivity contribution in [2.75, 3.05) is 37.2 Å². The lowest BCUT2D eigenvalue weighted by atomic mass is 10.2. The van der Waals surface area contributed by atoms with E-state index in [4.69, 9.17) is 11.6 Å². The highest BCUT2D eigenvalue weighted by Crippen LogP contribution is 2.28. The number of rotatable bonds is 4. The van der Waals surface area contributed by atoms with Crippen LogP contribution in [0.5, 0.6) is 0 Å². The Bertz CT molecular complexity index is 808. The zero-order chi connectivity index (χ0) is 19.2. The number of thioether (sulfide) groups is 1. The van der Waals surface area contributed by atoms with Gasteiger partial charge < -0.3 is 15.1 Å². The van der Waals surface area contributed by atoms with Crippen LogP contribution in [0, 0.1) is 6.92 Å². The Morgan fingerprint density at radius 3 is 2.41 bits per heavy atom. The minimum absolute atomic E-state index is 0.0701. The summed E-state index contributed by atoms with van der Waals surface area (Å²) in [4.78, 5) is 29.3. The van der Waals surface area contributed by atoms with Crippen molar-refractivity contribution in [3.05, 3.63) is 59.1 Å². The van der Waals surface area contributed by atoms with Gasteiger partial charge in [-0.3, -0.25) is 4.79 Å². The standard InChI is InChI=1S/C20H22ClN3O2S/c1-15-7-8-17(21)18(13-15)27-14-19(25)23-9-11-24(12-10-23)20(26)22-16-5-3-2-4-6-16/h2-8,13H,9-12,14H2,1H3,(H,22,26). The number of nitrogens with zero attached hydrogens (tertiary/aromatic N) is 2. The van der Waals surface area contributed by atoms with E-state index < -0.39 is 0 Å². The van der Waals surface area contributed by atoms with Gasteiger partial charge in [0.05, 0.1) is 10.8 Å². The summed E-state index contributed by atoms with van der Waals surface area (Å²) in [5, 5.41) is 3.55. The van der Waals surface area contributed by atoms with Crippen LogP contribution in [-0.2, 0) is 4.79 Å². The fourth-order valence-electron chi connectivity index (χ4n) is 2.83. The predicted octanol–water partition coefficient (Wildman–Crippen LogP) is 4.12. The Kier molecular flexibility index (Phi) is 6.63. The molecule has 2 aromatic carbocycles. The van der Waals surface area contributed by atoms with Crippen LogP contribution in [0.15, 0.2) is 53.4 Å². The summed E-state index contributed by atoms with van der Waals surface area (Å²) >= 11 is 7.64. The van der Waals surface area contributed by atoms with Gasteiger partial charge in [-0.05, 0) is 36.8 Å². The third-order valence-electron chi connectivity index (χ3n) is 4.38. The molecule has 1 aliphatic rings. The summed E-state index contributed by atoms with van der Waals surface area (Å²) in [5.74, 6) is 0.417. The van der Waals surface area contributed by atoms with Crippen molar-refractivity contribution in [3.63, 3.8) is 0 Å². The Balaban J connectivity index is 1.46. The highest BCUT2D eigenvalue weighted by atomic mass is 35.5. The summed E-state index contributed by atoms with van der Waals surface area (Å²) in [6.07, 6.45) is 0. The van der Waals surface area contributed by atoms with Crippen molar-refractivity contribution in [1.82, 2.24) is 9.80 Å². The highest BCUT2D eigenvalue weighted by molar-refractivity contribution is 8.00. The van der Waals surface area contributed by atoms with Crippen molar-refractivity contribution >= 4 is 41.0 Å². The van der Waals surface area contributed by atoms with Crippen molar-refractivity contribution in [1.29, 1.82) is 0 Å². The average molecular weight is 404 g/mol. The molecule has 1 heterocycles. The van der Waals surface area contributed by atoms with Crippen molar-refractivity contribution in [2.45, 2.75) is 11.8 Å². The van der Waals surface area contributed by atoms with E-state index in [1.54, 1.807) is 4.90 Å². The maximum Gasteiger partial charge on any atom is 0.321 e. The fourth-order valence-corrected chi connectivity index (χ4v) is 4.05. The molecule has 1 N–H and O–H groups in total. The second-order valence-electron chi connectivity index (χ2n) is 6.39. The van der Waals surface area contributed by atoms with Crippen LogP contribution in [-0.4, -0.2) is 53.7 Å². The van der Waals surface area contributed by atoms with Gasteiger partial charge in [-0.15, -0.1) is 11.8 Å². The number of anilines is 1. The number of aryl methyl sites for hydroxylation is 1. The van der Waals surface area contributed by atoms with E-state index in [2.05, 4.69) is 5.32 Å². The number of nitrogens with one attached hydrogen (secondary N) is 1. The maximum atomic E-state index is 12.5. The van der Waals surface area contributed by atoms with Gasteiger partial charge in [0.1, 0.15) is 0 Å². The monoisotopic (exact) mass is 403 g/mol. The Morgan fingerprint density at radius 1 is 1.04 bits per heavy atom. The van der Waals surface area contributed by atoms with Crippen molar-refractivity contribution < 1.29 is 9.59 Å². The first-order valence-corrected chi connectivity index (χ1v) is 10.2. The smallest absolute Gasteiger partial charge is 0.321 e. The molecule has 142 valence electrons. The molecule has 7 heteroatoms. The van der Waals surface area contributed by atoms with E-state index in [0.717, 1.165) is 16.1 Å². The minimum Gasteiger partial charge on any atom is -0.338 e. The number of carbonyl (C=O) groups is 2. The second kappa shape index (κ2) is 9.15. The van der Waals surface area contributed by atoms with Crippen molar-refractivity contribution in [3.8, 4) is 0 Å². The predicted molar refractivity (Wildman–Crippen MR) is 111 cm³/mol. The second-order valence-corrected chi connectivity index (χ2v) is 7.81. The summed E-state index contributed by atoms with van der Waals surface area (Å²) in [5.41, 5.74) is 1.89. The van der Waals surface area contributed by atoms with E-state index in [-0.39, 0.29) is 11.9 Å². The SMILES string of the molecule is Cc1ccc(Cl)c(SCC(=O)N2CCN(C(=O)Nc3ccccc3)CC2)c1. The number of hydrogen-bond acceptors (Lipinski definition) is 3. The van der Waals surface area contributed by atoms with E-state index in [0.29, 0.717) is 37.0 Å².